The van der Waals surface area contributed by atoms with Crippen molar-refractivity contribution in [3.05, 3.63) is 76.3 Å². The number of aryl methyl sites for hydroxylation is 1. The van der Waals surface area contributed by atoms with Crippen LogP contribution < -0.4 is 18.5 Å². The van der Waals surface area contributed by atoms with E-state index in [4.69, 9.17) is 21.1 Å². The Labute approximate surface area is 325 Å². The number of carbonyl (C=O) groups is 3. The van der Waals surface area contributed by atoms with E-state index in [2.05, 4.69) is 4.74 Å². The summed E-state index contributed by atoms with van der Waals surface area (Å²) in [5.74, 6) is -3.06. The molecule has 0 saturated carbocycles. The lowest BCUT2D eigenvalue weighted by Crippen LogP contribution is -2.68. The molecule has 56 heavy (non-hydrogen) atoms. The fourth-order valence-corrected chi connectivity index (χ4v) is 9.66. The second kappa shape index (κ2) is 14.3. The van der Waals surface area contributed by atoms with Crippen molar-refractivity contribution >= 4 is 45.2 Å². The maximum Gasteiger partial charge on any atom is 0.573 e. The Kier molecular flexibility index (Phi) is 10.4. The number of hydrogen-bond acceptors (Lipinski definition) is 10. The Morgan fingerprint density at radius 1 is 0.946 bits per heavy atom. The average molecular weight is 825 g/mol. The van der Waals surface area contributed by atoms with Crippen LogP contribution in [0.5, 0.6) is 17.2 Å². The van der Waals surface area contributed by atoms with Gasteiger partial charge in [0.2, 0.25) is 5.91 Å². The third-order valence-electron chi connectivity index (χ3n) is 10.2. The number of halogens is 4. The zero-order valence-corrected chi connectivity index (χ0v) is 32.7. The minimum atomic E-state index is -5.35. The number of ether oxygens (including phenoxy) is 3. The van der Waals surface area contributed by atoms with Crippen molar-refractivity contribution in [3.63, 3.8) is 0 Å². The standard InChI is InChI=1S/C37H40ClF3N4O10S/c1-20-7-11-29(54-6)26(13-20)36(43-19-23(46)15-28(43)32(47)42-17-22(18-42)44(34(49)50)35(2,3)4)25-14-21(38)8-10-27(25)45(33(36)48)56(51,52)31-12-9-24(53-5)16-30(31)55-37(39,40)41/h7-14,16,22-23,28,46H,15,17-19H2,1-6H3,(H,49,50)/t23-,28+,36?/m1/s1. The highest BCUT2D eigenvalue weighted by atomic mass is 35.5. The number of fused-ring (bicyclic) bond motifs is 1. The second-order valence-electron chi connectivity index (χ2n) is 14.8. The van der Waals surface area contributed by atoms with Crippen LogP contribution in [-0.2, 0) is 25.2 Å². The molecule has 0 aromatic heterocycles. The van der Waals surface area contributed by atoms with Gasteiger partial charge >= 0.3 is 12.5 Å². The van der Waals surface area contributed by atoms with E-state index in [0.29, 0.717) is 9.87 Å². The monoisotopic (exact) mass is 824 g/mol. The number of benzene rings is 3. The number of sulfonamides is 1. The van der Waals surface area contributed by atoms with Crippen molar-refractivity contribution in [1.82, 2.24) is 14.7 Å². The lowest BCUT2D eigenvalue weighted by molar-refractivity contribution is -0.275. The van der Waals surface area contributed by atoms with Crippen LogP contribution in [0, 0.1) is 6.92 Å². The van der Waals surface area contributed by atoms with Gasteiger partial charge in [0.05, 0.1) is 38.1 Å². The molecule has 0 spiro atoms. The lowest BCUT2D eigenvalue weighted by atomic mass is 9.80. The van der Waals surface area contributed by atoms with Gasteiger partial charge in [-0.15, -0.1) is 13.2 Å². The molecule has 0 aliphatic carbocycles. The van der Waals surface area contributed by atoms with Crippen LogP contribution in [-0.4, -0.2) is 115 Å². The molecular formula is C37H40ClF3N4O10S. The van der Waals surface area contributed by atoms with Gasteiger partial charge in [-0.3, -0.25) is 19.4 Å². The van der Waals surface area contributed by atoms with Crippen LogP contribution in [0.15, 0.2) is 59.5 Å². The number of amides is 3. The molecular weight excluding hydrogens is 785 g/mol. The first kappa shape index (κ1) is 40.9. The van der Waals surface area contributed by atoms with Crippen molar-refractivity contribution in [2.24, 2.45) is 0 Å². The van der Waals surface area contributed by atoms with Crippen LogP contribution >= 0.6 is 11.6 Å². The number of carbonyl (C=O) groups excluding carboxylic acids is 2. The van der Waals surface area contributed by atoms with E-state index in [9.17, 15) is 41.4 Å². The highest BCUT2D eigenvalue weighted by Gasteiger charge is 2.64. The van der Waals surface area contributed by atoms with E-state index in [-0.39, 0.29) is 59.4 Å². The number of methoxy groups -OCH3 is 2. The van der Waals surface area contributed by atoms with Crippen LogP contribution in [0.25, 0.3) is 0 Å². The summed E-state index contributed by atoms with van der Waals surface area (Å²) in [5, 5.41) is 21.3. The van der Waals surface area contributed by atoms with Crippen molar-refractivity contribution in [1.29, 1.82) is 0 Å². The molecule has 3 atom stereocenters. The normalized spacial score (nSPS) is 21.8. The number of aliphatic hydroxyl groups is 1. The summed E-state index contributed by atoms with van der Waals surface area (Å²) in [6.07, 6.45) is -7.96. The lowest BCUT2D eigenvalue weighted by Gasteiger charge is -2.50. The summed E-state index contributed by atoms with van der Waals surface area (Å²) in [7, 11) is -2.83. The third-order valence-corrected chi connectivity index (χ3v) is 12.1. The molecule has 3 aliphatic heterocycles. The molecule has 19 heteroatoms. The highest BCUT2D eigenvalue weighted by Crippen LogP contribution is 2.55. The molecule has 3 aromatic rings. The van der Waals surface area contributed by atoms with Gasteiger partial charge in [0.25, 0.3) is 15.9 Å². The van der Waals surface area contributed by atoms with Crippen LogP contribution in [0.3, 0.4) is 0 Å². The van der Waals surface area contributed by atoms with E-state index in [1.165, 1.54) is 46.1 Å². The average Bonchev–Trinajstić information content (AvgIpc) is 3.58. The smallest absolute Gasteiger partial charge is 0.497 e. The van der Waals surface area contributed by atoms with Gasteiger partial charge < -0.3 is 29.3 Å². The first-order chi connectivity index (χ1) is 26.1. The van der Waals surface area contributed by atoms with Crippen molar-refractivity contribution < 1.29 is 60.4 Å². The number of anilines is 1. The molecule has 14 nitrogen and oxygen atoms in total. The Morgan fingerprint density at radius 3 is 2.21 bits per heavy atom. The number of carboxylic acid groups (broad SMARTS) is 1. The SMILES string of the molecule is COc1ccc(S(=O)(=O)N2C(=O)C(c3cc(C)ccc3OC)(N3C[C@H](O)C[C@H]3C(=O)N3CC(N(C(=O)O)C(C)(C)C)C3)c3cc(Cl)ccc32)c(OC(F)(F)F)c1. The molecule has 302 valence electrons. The van der Waals surface area contributed by atoms with E-state index >= 15 is 4.79 Å². The molecule has 2 fully saturated rings. The zero-order valence-electron chi connectivity index (χ0n) is 31.1. The van der Waals surface area contributed by atoms with E-state index < -0.39 is 74.2 Å². The van der Waals surface area contributed by atoms with Gasteiger partial charge in [-0.1, -0.05) is 23.2 Å². The number of aliphatic hydroxyl groups excluding tert-OH is 1. The minimum Gasteiger partial charge on any atom is -0.497 e. The Morgan fingerprint density at radius 2 is 1.62 bits per heavy atom. The Balaban J connectivity index is 1.56. The molecule has 2 saturated heterocycles. The second-order valence-corrected chi connectivity index (χ2v) is 17.0. The van der Waals surface area contributed by atoms with E-state index in [1.54, 1.807) is 39.8 Å². The first-order valence-corrected chi connectivity index (χ1v) is 19.1. The molecule has 3 aromatic carbocycles. The van der Waals surface area contributed by atoms with Gasteiger partial charge in [-0.25, -0.2) is 17.5 Å². The first-order valence-electron chi connectivity index (χ1n) is 17.3. The van der Waals surface area contributed by atoms with E-state index in [0.717, 1.165) is 25.3 Å². The number of rotatable bonds is 9. The topological polar surface area (TPSA) is 166 Å². The van der Waals surface area contributed by atoms with Crippen molar-refractivity contribution in [3.8, 4) is 17.2 Å². The van der Waals surface area contributed by atoms with Crippen molar-refractivity contribution in [2.75, 3.05) is 38.2 Å². The molecule has 3 aliphatic rings. The highest BCUT2D eigenvalue weighted by molar-refractivity contribution is 7.93. The predicted molar refractivity (Wildman–Crippen MR) is 195 cm³/mol. The quantitative estimate of drug-likeness (QED) is 0.299. The fraction of sp³-hybridized carbons (Fsp3) is 0.432. The summed E-state index contributed by atoms with van der Waals surface area (Å²) >= 11 is 6.56. The fourth-order valence-electron chi connectivity index (χ4n) is 7.93. The maximum absolute atomic E-state index is 15.6. The van der Waals surface area contributed by atoms with Crippen molar-refractivity contribution in [2.45, 2.75) is 74.6 Å². The van der Waals surface area contributed by atoms with Gasteiger partial charge in [-0.05, 0) is 76.6 Å². The van der Waals surface area contributed by atoms with Crippen LogP contribution in [0.2, 0.25) is 5.02 Å². The molecule has 6 rings (SSSR count). The number of likely N-dealkylation sites (tertiary alicyclic amines) is 2. The Hall–Kier alpha value is -4.78. The number of alkyl halides is 3. The number of hydrogen-bond donors (Lipinski definition) is 2. The Bertz CT molecular complexity index is 2190. The van der Waals surface area contributed by atoms with Gasteiger partial charge in [-0.2, -0.15) is 0 Å². The predicted octanol–water partition coefficient (Wildman–Crippen LogP) is 4.97. The molecule has 3 amide bonds. The summed E-state index contributed by atoms with van der Waals surface area (Å²) in [4.78, 5) is 45.3. The summed E-state index contributed by atoms with van der Waals surface area (Å²) in [6.45, 7) is 6.50. The summed E-state index contributed by atoms with van der Waals surface area (Å²) in [5.41, 5.74) is -2.81. The van der Waals surface area contributed by atoms with Crippen LogP contribution in [0.4, 0.5) is 23.7 Å². The van der Waals surface area contributed by atoms with Crippen LogP contribution in [0.1, 0.15) is 43.9 Å². The summed E-state index contributed by atoms with van der Waals surface area (Å²) < 4.78 is 86.0. The maximum atomic E-state index is 15.6. The molecule has 1 unspecified atom stereocenters. The summed E-state index contributed by atoms with van der Waals surface area (Å²) in [6, 6.07) is 9.38. The third kappa shape index (κ3) is 6.85. The van der Waals surface area contributed by atoms with Gasteiger partial charge in [0, 0.05) is 47.4 Å². The molecule has 0 bridgehead atoms. The minimum absolute atomic E-state index is 0.0000769. The molecule has 3 heterocycles. The zero-order chi connectivity index (χ0) is 41.3. The molecule has 2 N–H and O–H groups in total. The van der Waals surface area contributed by atoms with E-state index in [1.807, 2.05) is 0 Å². The molecule has 0 radical (unpaired) electrons. The van der Waals surface area contributed by atoms with Gasteiger partial charge in [0.1, 0.15) is 16.4 Å². The number of nitrogens with zero attached hydrogens (tertiary/aromatic N) is 4. The number of β-amino-alcohol motifs (C(OH)–C–C–N with tert-alkyl or cyclic N) is 1. The van der Waals surface area contributed by atoms with Gasteiger partial charge in [0.15, 0.2) is 11.3 Å². The largest absolute Gasteiger partial charge is 0.573 e.